The number of rotatable bonds is 9. The van der Waals surface area contributed by atoms with Gasteiger partial charge < -0.3 is 10.4 Å². The third-order valence-corrected chi connectivity index (χ3v) is 6.34. The minimum absolute atomic E-state index is 0.0960. The number of pyridine rings is 1. The molecule has 0 spiro atoms. The van der Waals surface area contributed by atoms with Crippen molar-refractivity contribution in [3.63, 3.8) is 0 Å². The zero-order chi connectivity index (χ0) is 27.7. The first-order valence-corrected chi connectivity index (χ1v) is 12.3. The van der Waals surface area contributed by atoms with Crippen LogP contribution in [0.5, 0.6) is 0 Å². The van der Waals surface area contributed by atoms with Gasteiger partial charge in [-0.2, -0.15) is 13.2 Å². The van der Waals surface area contributed by atoms with E-state index in [1.54, 1.807) is 12.1 Å². The van der Waals surface area contributed by atoms with Gasteiger partial charge in [-0.1, -0.05) is 11.6 Å². The number of benzene rings is 1. The highest BCUT2D eigenvalue weighted by atomic mass is 35.5. The molecule has 2 N–H and O–H groups in total. The molecule has 15 heteroatoms. The van der Waals surface area contributed by atoms with Crippen molar-refractivity contribution < 1.29 is 23.1 Å². The number of alkyl halides is 3. The first-order valence-electron chi connectivity index (χ1n) is 11.9. The van der Waals surface area contributed by atoms with Gasteiger partial charge >= 0.3 is 11.9 Å². The smallest absolute Gasteiger partial charge is 0.382 e. The SMILES string of the molecule is O=C(NCC1CC1)c1ncccc1-n1cnc(Cn2nc(-c3ccc(Cl)cc3)n(C[C@@H](O)C(F)(F)F)c2=O)n1. The largest absolute Gasteiger partial charge is 0.416 e. The summed E-state index contributed by atoms with van der Waals surface area (Å²) < 4.78 is 42.2. The number of nitrogens with zero attached hydrogens (tertiary/aromatic N) is 7. The molecule has 3 heterocycles. The maximum absolute atomic E-state index is 13.1. The van der Waals surface area contributed by atoms with Crippen molar-refractivity contribution >= 4 is 17.5 Å². The highest BCUT2D eigenvalue weighted by Gasteiger charge is 2.39. The van der Waals surface area contributed by atoms with Crippen molar-refractivity contribution in [2.75, 3.05) is 6.54 Å². The predicted molar refractivity (Wildman–Crippen MR) is 132 cm³/mol. The second kappa shape index (κ2) is 10.6. The number of amides is 1. The van der Waals surface area contributed by atoms with Crippen LogP contribution in [0.1, 0.15) is 29.2 Å². The average molecular weight is 563 g/mol. The van der Waals surface area contributed by atoms with E-state index >= 15 is 0 Å². The molecule has 1 atom stereocenters. The zero-order valence-corrected chi connectivity index (χ0v) is 21.0. The van der Waals surface area contributed by atoms with Gasteiger partial charge in [0.2, 0.25) is 0 Å². The molecular weight excluding hydrogens is 541 g/mol. The van der Waals surface area contributed by atoms with Crippen LogP contribution in [0.4, 0.5) is 13.2 Å². The molecule has 39 heavy (non-hydrogen) atoms. The minimum Gasteiger partial charge on any atom is -0.382 e. The van der Waals surface area contributed by atoms with Crippen molar-refractivity contribution in [2.24, 2.45) is 5.92 Å². The molecule has 0 saturated heterocycles. The Balaban J connectivity index is 1.43. The molecule has 3 aromatic heterocycles. The van der Waals surface area contributed by atoms with Crippen molar-refractivity contribution in [2.45, 2.75) is 38.2 Å². The van der Waals surface area contributed by atoms with Gasteiger partial charge in [0.05, 0.1) is 12.2 Å². The first kappa shape index (κ1) is 26.6. The molecule has 1 aromatic carbocycles. The molecule has 1 amide bonds. The van der Waals surface area contributed by atoms with Gasteiger partial charge in [0.25, 0.3) is 5.91 Å². The van der Waals surface area contributed by atoms with Crippen LogP contribution in [-0.4, -0.2) is 63.9 Å². The Morgan fingerprint density at radius 1 is 1.15 bits per heavy atom. The Hall–Kier alpha value is -4.04. The molecule has 0 aliphatic heterocycles. The summed E-state index contributed by atoms with van der Waals surface area (Å²) in [4.78, 5) is 34.1. The normalized spacial score (nSPS) is 14.4. The fourth-order valence-electron chi connectivity index (χ4n) is 3.82. The summed E-state index contributed by atoms with van der Waals surface area (Å²) in [5.41, 5.74) is -0.0822. The van der Waals surface area contributed by atoms with E-state index < -0.39 is 24.5 Å². The fourth-order valence-corrected chi connectivity index (χ4v) is 3.94. The Labute approximate surface area is 223 Å². The molecule has 11 nitrogen and oxygen atoms in total. The van der Waals surface area contributed by atoms with Crippen molar-refractivity contribution in [3.05, 3.63) is 75.9 Å². The van der Waals surface area contributed by atoms with Gasteiger partial charge in [0, 0.05) is 23.3 Å². The molecule has 4 aromatic rings. The Morgan fingerprint density at radius 2 is 1.90 bits per heavy atom. The van der Waals surface area contributed by atoms with Crippen molar-refractivity contribution in [1.82, 2.24) is 39.4 Å². The molecule has 1 fully saturated rings. The number of nitrogens with one attached hydrogen (secondary N) is 1. The lowest BCUT2D eigenvalue weighted by Gasteiger charge is -2.15. The van der Waals surface area contributed by atoms with Crippen LogP contribution in [0, 0.1) is 5.92 Å². The molecule has 0 unspecified atom stereocenters. The highest BCUT2D eigenvalue weighted by molar-refractivity contribution is 6.30. The summed E-state index contributed by atoms with van der Waals surface area (Å²) in [5, 5.41) is 21.4. The highest BCUT2D eigenvalue weighted by Crippen LogP contribution is 2.28. The monoisotopic (exact) mass is 562 g/mol. The van der Waals surface area contributed by atoms with Crippen LogP contribution in [0.15, 0.2) is 53.7 Å². The standard InChI is InChI=1S/C24H22ClF3N8O3/c25-16-7-5-15(6-8-16)21-33-35(23(39)34(21)11-18(37)24(26,27)28)12-19-31-13-36(32-19)17-2-1-9-29-20(17)22(38)30-10-14-3-4-14/h1-2,5-9,13-14,18,37H,3-4,10-12H2,(H,30,38)/t18-/m1/s1. The third-order valence-electron chi connectivity index (χ3n) is 6.09. The van der Waals surface area contributed by atoms with E-state index in [4.69, 9.17) is 11.6 Å². The lowest BCUT2D eigenvalue weighted by atomic mass is 10.2. The van der Waals surface area contributed by atoms with E-state index in [0.29, 0.717) is 28.7 Å². The number of aromatic nitrogens is 7. The molecular formula is C24H22ClF3N8O3. The van der Waals surface area contributed by atoms with Crippen LogP contribution in [0.2, 0.25) is 5.02 Å². The van der Waals surface area contributed by atoms with Gasteiger partial charge in [0.15, 0.2) is 23.4 Å². The van der Waals surface area contributed by atoms with Gasteiger partial charge in [-0.25, -0.2) is 24.1 Å². The van der Waals surface area contributed by atoms with Gasteiger partial charge in [-0.05, 0) is 55.2 Å². The number of hydrogen-bond donors (Lipinski definition) is 2. The minimum atomic E-state index is -4.94. The van der Waals surface area contributed by atoms with Gasteiger partial charge in [-0.3, -0.25) is 9.36 Å². The number of carbonyl (C=O) groups is 1. The summed E-state index contributed by atoms with van der Waals surface area (Å²) in [6.45, 7) is -0.787. The van der Waals surface area contributed by atoms with E-state index in [1.165, 1.54) is 41.5 Å². The summed E-state index contributed by atoms with van der Waals surface area (Å²) in [6.07, 6.45) is -2.76. The Bertz CT molecular complexity index is 1540. The van der Waals surface area contributed by atoms with Crippen molar-refractivity contribution in [1.29, 1.82) is 0 Å². The molecule has 0 bridgehead atoms. The lowest BCUT2D eigenvalue weighted by Crippen LogP contribution is -2.37. The summed E-state index contributed by atoms with van der Waals surface area (Å²) >= 11 is 5.91. The molecule has 1 saturated carbocycles. The van der Waals surface area contributed by atoms with Crippen molar-refractivity contribution in [3.8, 4) is 17.1 Å². The number of hydrogen-bond acceptors (Lipinski definition) is 7. The first-order chi connectivity index (χ1) is 18.6. The zero-order valence-electron chi connectivity index (χ0n) is 20.2. The number of carbonyl (C=O) groups excluding carboxylic acids is 1. The van der Waals surface area contributed by atoms with Crippen LogP contribution in [-0.2, 0) is 13.1 Å². The summed E-state index contributed by atoms with van der Waals surface area (Å²) in [7, 11) is 0. The Morgan fingerprint density at radius 3 is 2.59 bits per heavy atom. The van der Waals surface area contributed by atoms with Gasteiger partial charge in [-0.15, -0.1) is 10.2 Å². The fraction of sp³-hybridized carbons (Fsp3) is 0.333. The number of halogens is 4. The van der Waals surface area contributed by atoms with E-state index in [9.17, 15) is 27.9 Å². The van der Waals surface area contributed by atoms with Gasteiger partial charge in [0.1, 0.15) is 12.9 Å². The second-order valence-electron chi connectivity index (χ2n) is 9.07. The molecule has 204 valence electrons. The van der Waals surface area contributed by atoms with E-state index in [0.717, 1.165) is 22.1 Å². The quantitative estimate of drug-likeness (QED) is 0.320. The van der Waals surface area contributed by atoms with Crippen LogP contribution < -0.4 is 11.0 Å². The molecule has 1 aliphatic rings. The number of aliphatic hydroxyl groups is 1. The molecule has 5 rings (SSSR count). The lowest BCUT2D eigenvalue weighted by molar-refractivity contribution is -0.207. The third kappa shape index (κ3) is 6.01. The van der Waals surface area contributed by atoms with Crippen LogP contribution >= 0.6 is 11.6 Å². The average Bonchev–Trinajstić information content (AvgIpc) is 3.55. The maximum Gasteiger partial charge on any atom is 0.416 e. The van der Waals surface area contributed by atoms with E-state index in [1.807, 2.05) is 0 Å². The Kier molecular flexibility index (Phi) is 7.23. The van der Waals surface area contributed by atoms with Crippen LogP contribution in [0.3, 0.4) is 0 Å². The molecule has 0 radical (unpaired) electrons. The van der Waals surface area contributed by atoms with Crippen LogP contribution in [0.25, 0.3) is 17.1 Å². The summed E-state index contributed by atoms with van der Waals surface area (Å²) in [5.74, 6) is 0.128. The number of aliphatic hydroxyl groups excluding tert-OH is 1. The topological polar surface area (TPSA) is 133 Å². The second-order valence-corrected chi connectivity index (χ2v) is 9.51. The van der Waals surface area contributed by atoms with E-state index in [2.05, 4.69) is 25.5 Å². The maximum atomic E-state index is 13.1. The van der Waals surface area contributed by atoms with E-state index in [-0.39, 0.29) is 29.8 Å². The predicted octanol–water partition coefficient (Wildman–Crippen LogP) is 2.45. The summed E-state index contributed by atoms with van der Waals surface area (Å²) in [6, 6.07) is 9.26. The molecule has 1 aliphatic carbocycles.